The molecule has 132 valence electrons. The average Bonchev–Trinajstić information content (AvgIpc) is 2.60. The smallest absolute Gasteiger partial charge is 0.220 e. The zero-order chi connectivity index (χ0) is 18.0. The van der Waals surface area contributed by atoms with Crippen molar-refractivity contribution < 1.29 is 0 Å². The molecule has 1 fully saturated rings. The van der Waals surface area contributed by atoms with Gasteiger partial charge in [-0.25, -0.2) is 4.99 Å². The Morgan fingerprint density at radius 1 is 1.12 bits per heavy atom. The number of hydrogen-bond acceptors (Lipinski definition) is 6. The van der Waals surface area contributed by atoms with Crippen LogP contribution in [0.5, 0.6) is 0 Å². The Bertz CT molecular complexity index is 740. The fraction of sp³-hybridized carbons (Fsp3) is 0.526. The summed E-state index contributed by atoms with van der Waals surface area (Å²) < 4.78 is 0. The Labute approximate surface area is 149 Å². The number of nitrogens with zero attached hydrogens (tertiary/aromatic N) is 4. The number of aliphatic imine (C=N–C) groups is 2. The molecule has 1 aliphatic carbocycles. The zero-order valence-corrected chi connectivity index (χ0v) is 15.0. The van der Waals surface area contributed by atoms with Gasteiger partial charge < -0.3 is 11.5 Å². The molecule has 6 nitrogen and oxygen atoms in total. The van der Waals surface area contributed by atoms with Crippen molar-refractivity contribution >= 4 is 17.6 Å². The number of benzene rings is 1. The van der Waals surface area contributed by atoms with Gasteiger partial charge >= 0.3 is 0 Å². The molecule has 1 aromatic rings. The second-order valence-electron chi connectivity index (χ2n) is 6.78. The molecule has 0 amide bonds. The van der Waals surface area contributed by atoms with E-state index in [2.05, 4.69) is 37.0 Å². The predicted octanol–water partition coefficient (Wildman–Crippen LogP) is 2.79. The lowest BCUT2D eigenvalue weighted by molar-refractivity contribution is 0.305. The van der Waals surface area contributed by atoms with Crippen molar-refractivity contribution in [2.75, 3.05) is 4.90 Å². The first-order valence-corrected chi connectivity index (χ1v) is 9.10. The van der Waals surface area contributed by atoms with Crippen LogP contribution in [0, 0.1) is 11.3 Å². The SMILES string of the molecule is CCc1cc(N2C(N)=NC(N)=NC23CCCCC3)cc(CC)c1C#N. The highest BCUT2D eigenvalue weighted by Crippen LogP contribution is 2.40. The lowest BCUT2D eigenvalue weighted by Crippen LogP contribution is -2.58. The summed E-state index contributed by atoms with van der Waals surface area (Å²) >= 11 is 0. The molecule has 6 heteroatoms. The zero-order valence-electron chi connectivity index (χ0n) is 15.0. The van der Waals surface area contributed by atoms with Crippen LogP contribution in [0.4, 0.5) is 5.69 Å². The van der Waals surface area contributed by atoms with Crippen LogP contribution in [0.1, 0.15) is 62.6 Å². The highest BCUT2D eigenvalue weighted by molar-refractivity contribution is 6.05. The Hall–Kier alpha value is -2.55. The van der Waals surface area contributed by atoms with Crippen LogP contribution in [0.25, 0.3) is 0 Å². The van der Waals surface area contributed by atoms with Gasteiger partial charge in [0.05, 0.1) is 11.6 Å². The highest BCUT2D eigenvalue weighted by atomic mass is 15.4. The number of nitriles is 1. The van der Waals surface area contributed by atoms with Gasteiger partial charge in [0.2, 0.25) is 11.9 Å². The van der Waals surface area contributed by atoms with Gasteiger partial charge in [-0.05, 0) is 61.8 Å². The molecule has 0 atom stereocenters. The van der Waals surface area contributed by atoms with Crippen LogP contribution in [0.3, 0.4) is 0 Å². The second-order valence-corrected chi connectivity index (χ2v) is 6.78. The lowest BCUT2D eigenvalue weighted by atomic mass is 9.86. The first kappa shape index (κ1) is 17.3. The average molecular weight is 338 g/mol. The number of hydrogen-bond donors (Lipinski definition) is 2. The fourth-order valence-electron chi connectivity index (χ4n) is 4.07. The van der Waals surface area contributed by atoms with Gasteiger partial charge in [-0.1, -0.05) is 20.3 Å². The molecule has 1 saturated carbocycles. The molecule has 0 saturated heterocycles. The number of aryl methyl sites for hydroxylation is 2. The molecule has 0 aromatic heterocycles. The van der Waals surface area contributed by atoms with E-state index in [1.165, 1.54) is 6.42 Å². The molecule has 1 heterocycles. The first-order valence-electron chi connectivity index (χ1n) is 9.10. The Morgan fingerprint density at radius 2 is 1.72 bits per heavy atom. The van der Waals surface area contributed by atoms with Gasteiger partial charge in [0.15, 0.2) is 0 Å². The van der Waals surface area contributed by atoms with Crippen LogP contribution < -0.4 is 16.4 Å². The third kappa shape index (κ3) is 2.95. The van der Waals surface area contributed by atoms with E-state index in [0.29, 0.717) is 5.96 Å². The third-order valence-corrected chi connectivity index (χ3v) is 5.27. The van der Waals surface area contributed by atoms with Gasteiger partial charge in [0, 0.05) is 5.69 Å². The van der Waals surface area contributed by atoms with Crippen LogP contribution in [-0.4, -0.2) is 17.6 Å². The number of rotatable bonds is 3. The minimum atomic E-state index is -0.446. The van der Waals surface area contributed by atoms with E-state index in [1.54, 1.807) is 0 Å². The molecule has 4 N–H and O–H groups in total. The summed E-state index contributed by atoms with van der Waals surface area (Å²) in [5.74, 6) is 0.652. The Balaban J connectivity index is 2.16. The van der Waals surface area contributed by atoms with E-state index < -0.39 is 5.66 Å². The molecule has 1 aliphatic heterocycles. The summed E-state index contributed by atoms with van der Waals surface area (Å²) in [6.45, 7) is 4.14. The van der Waals surface area contributed by atoms with Gasteiger partial charge in [-0.2, -0.15) is 10.3 Å². The van der Waals surface area contributed by atoms with E-state index >= 15 is 0 Å². The predicted molar refractivity (Wildman–Crippen MR) is 101 cm³/mol. The van der Waals surface area contributed by atoms with Crippen molar-refractivity contribution in [3.05, 3.63) is 28.8 Å². The maximum absolute atomic E-state index is 9.54. The topological polar surface area (TPSA) is 104 Å². The van der Waals surface area contributed by atoms with Crippen LogP contribution >= 0.6 is 0 Å². The van der Waals surface area contributed by atoms with Crippen molar-refractivity contribution in [2.24, 2.45) is 21.5 Å². The third-order valence-electron chi connectivity index (χ3n) is 5.27. The molecule has 3 rings (SSSR count). The summed E-state index contributed by atoms with van der Waals surface area (Å²) in [6, 6.07) is 6.48. The van der Waals surface area contributed by atoms with E-state index in [9.17, 15) is 5.26 Å². The normalized spacial score (nSPS) is 19.3. The van der Waals surface area contributed by atoms with Crippen molar-refractivity contribution in [1.82, 2.24) is 0 Å². The maximum Gasteiger partial charge on any atom is 0.220 e. The minimum absolute atomic E-state index is 0.260. The van der Waals surface area contributed by atoms with E-state index in [0.717, 1.165) is 60.9 Å². The molecule has 0 radical (unpaired) electrons. The summed E-state index contributed by atoms with van der Waals surface area (Å²) in [7, 11) is 0. The molecule has 25 heavy (non-hydrogen) atoms. The van der Waals surface area contributed by atoms with Crippen molar-refractivity contribution in [1.29, 1.82) is 5.26 Å². The molecule has 1 aromatic carbocycles. The highest BCUT2D eigenvalue weighted by Gasteiger charge is 2.42. The summed E-state index contributed by atoms with van der Waals surface area (Å²) in [6.07, 6.45) is 6.81. The second kappa shape index (κ2) is 6.75. The molecule has 0 bridgehead atoms. The maximum atomic E-state index is 9.54. The fourth-order valence-corrected chi connectivity index (χ4v) is 4.07. The molecule has 2 aliphatic rings. The van der Waals surface area contributed by atoms with Gasteiger partial charge in [0.1, 0.15) is 5.66 Å². The molecular formula is C19H26N6. The van der Waals surface area contributed by atoms with Crippen LogP contribution in [0.2, 0.25) is 0 Å². The molecule has 0 unspecified atom stereocenters. The Kier molecular flexibility index (Phi) is 4.67. The standard InChI is InChI=1S/C19H26N6/c1-3-13-10-15(11-14(4-2)16(13)12-20)25-18(22)23-17(21)24-19(25)8-6-5-7-9-19/h10-11H,3-9H2,1-2H3,(H4,21,22,23,24). The minimum Gasteiger partial charge on any atom is -0.369 e. The van der Waals surface area contributed by atoms with E-state index in [1.807, 2.05) is 4.90 Å². The monoisotopic (exact) mass is 338 g/mol. The number of guanidine groups is 2. The van der Waals surface area contributed by atoms with Crippen molar-refractivity contribution in [2.45, 2.75) is 64.5 Å². The van der Waals surface area contributed by atoms with E-state index in [4.69, 9.17) is 16.5 Å². The lowest BCUT2D eigenvalue weighted by Gasteiger charge is -2.45. The van der Waals surface area contributed by atoms with Gasteiger partial charge in [-0.3, -0.25) is 4.90 Å². The summed E-state index contributed by atoms with van der Waals surface area (Å²) in [4.78, 5) is 11.0. The van der Waals surface area contributed by atoms with Gasteiger partial charge in [-0.15, -0.1) is 0 Å². The van der Waals surface area contributed by atoms with Crippen molar-refractivity contribution in [3.8, 4) is 6.07 Å². The first-order chi connectivity index (χ1) is 12.0. The Morgan fingerprint density at radius 3 is 2.24 bits per heavy atom. The van der Waals surface area contributed by atoms with Crippen LogP contribution in [0.15, 0.2) is 22.1 Å². The van der Waals surface area contributed by atoms with E-state index in [-0.39, 0.29) is 5.96 Å². The quantitative estimate of drug-likeness (QED) is 0.884. The molecular weight excluding hydrogens is 312 g/mol. The summed E-state index contributed by atoms with van der Waals surface area (Å²) in [5, 5.41) is 9.54. The van der Waals surface area contributed by atoms with Crippen LogP contribution in [-0.2, 0) is 12.8 Å². The van der Waals surface area contributed by atoms with Crippen molar-refractivity contribution in [3.63, 3.8) is 0 Å². The van der Waals surface area contributed by atoms with Gasteiger partial charge in [0.25, 0.3) is 0 Å². The number of nitrogens with two attached hydrogens (primary N) is 2. The number of anilines is 1. The largest absolute Gasteiger partial charge is 0.369 e. The summed E-state index contributed by atoms with van der Waals surface area (Å²) in [5.41, 5.74) is 15.6. The molecule has 1 spiro atoms.